The second-order valence-corrected chi connectivity index (χ2v) is 9.13. The maximum Gasteiger partial charge on any atom is 0.417 e. The minimum atomic E-state index is -4.47. The molecule has 5 N–H and O–H groups in total. The number of allylic oxidation sites excluding steroid dienone is 1. The van der Waals surface area contributed by atoms with Crippen molar-refractivity contribution < 1.29 is 13.2 Å². The van der Waals surface area contributed by atoms with E-state index in [0.29, 0.717) is 42.4 Å². The van der Waals surface area contributed by atoms with Crippen LogP contribution in [-0.4, -0.2) is 57.2 Å². The summed E-state index contributed by atoms with van der Waals surface area (Å²) in [5, 5.41) is 7.69. The summed E-state index contributed by atoms with van der Waals surface area (Å²) in [6.45, 7) is 2.87. The van der Waals surface area contributed by atoms with Crippen LogP contribution < -0.4 is 16.4 Å². The number of nitrogens with two attached hydrogens (primary N) is 2. The lowest BCUT2D eigenvalue weighted by Gasteiger charge is -2.37. The predicted molar refractivity (Wildman–Crippen MR) is 135 cm³/mol. The van der Waals surface area contributed by atoms with Crippen molar-refractivity contribution in [1.29, 1.82) is 5.41 Å². The molecule has 12 heteroatoms. The van der Waals surface area contributed by atoms with Crippen molar-refractivity contribution in [3.05, 3.63) is 53.6 Å². The molecule has 4 heterocycles. The van der Waals surface area contributed by atoms with Crippen molar-refractivity contribution in [3.8, 4) is 11.5 Å². The molecule has 188 valence electrons. The molecule has 8 nitrogen and oxygen atoms in total. The standard InChI is InChI=1S/C21H23F3N8.C2H6S/c1-12(26)16(7-25)13-6-15(27)11-31(9-13)19-4-5-28-20(30-19)17-8-29-18-3-2-14(10-32(17)18)21(22,23)24;1-3-2/h2-5,7-8,10,13,15,25H,6,9,11,26-27H2,1H3;1-2H3/b16-12+,25-7?;. The summed E-state index contributed by atoms with van der Waals surface area (Å²) in [5.74, 6) is 0.823. The molecule has 0 saturated carbocycles. The molecule has 0 spiro atoms. The molecule has 4 rings (SSSR count). The van der Waals surface area contributed by atoms with Crippen LogP contribution >= 0.6 is 11.8 Å². The number of pyridine rings is 1. The van der Waals surface area contributed by atoms with Gasteiger partial charge < -0.3 is 21.8 Å². The number of fused-ring (bicyclic) bond motifs is 1. The molecule has 2 atom stereocenters. The average Bonchev–Trinajstić information content (AvgIpc) is 3.22. The molecule has 2 unspecified atom stereocenters. The molecule has 1 fully saturated rings. The third-order valence-electron chi connectivity index (χ3n) is 5.56. The number of imidazole rings is 1. The SMILES string of the molecule is C/C(N)=C(/C=N)C1CC(N)CN(c2ccnc(-c3cnc4ccc(C(F)(F)F)cn34)n2)C1.CSC. The van der Waals surface area contributed by atoms with Crippen molar-refractivity contribution in [2.24, 2.45) is 17.4 Å². The number of nitrogens with one attached hydrogen (secondary N) is 1. The van der Waals surface area contributed by atoms with Crippen molar-refractivity contribution in [1.82, 2.24) is 19.4 Å². The highest BCUT2D eigenvalue weighted by molar-refractivity contribution is 7.97. The Kier molecular flexibility index (Phi) is 8.39. The summed E-state index contributed by atoms with van der Waals surface area (Å²) in [5.41, 5.74) is 13.5. The molecule has 0 radical (unpaired) electrons. The van der Waals surface area contributed by atoms with Crippen LogP contribution in [0.1, 0.15) is 18.9 Å². The molecule has 0 bridgehead atoms. The lowest BCUT2D eigenvalue weighted by molar-refractivity contribution is -0.137. The smallest absolute Gasteiger partial charge is 0.402 e. The Bertz CT molecular complexity index is 1200. The first-order chi connectivity index (χ1) is 16.6. The number of rotatable bonds is 4. The first kappa shape index (κ1) is 26.5. The van der Waals surface area contributed by atoms with Crippen molar-refractivity contribution in [3.63, 3.8) is 0 Å². The number of thioether (sulfide) groups is 1. The van der Waals surface area contributed by atoms with E-state index in [1.54, 1.807) is 30.9 Å². The fourth-order valence-corrected chi connectivity index (χ4v) is 4.07. The second-order valence-electron chi connectivity index (χ2n) is 8.31. The summed E-state index contributed by atoms with van der Waals surface area (Å²) in [7, 11) is 0. The lowest BCUT2D eigenvalue weighted by atomic mass is 9.87. The van der Waals surface area contributed by atoms with Gasteiger partial charge in [-0.1, -0.05) is 0 Å². The predicted octanol–water partition coefficient (Wildman–Crippen LogP) is 3.83. The van der Waals surface area contributed by atoms with Crippen LogP contribution in [0.4, 0.5) is 19.0 Å². The van der Waals surface area contributed by atoms with Gasteiger partial charge in [0, 0.05) is 49.4 Å². The van der Waals surface area contributed by atoms with Gasteiger partial charge in [-0.3, -0.25) is 4.40 Å². The van der Waals surface area contributed by atoms with E-state index in [9.17, 15) is 13.2 Å². The summed E-state index contributed by atoms with van der Waals surface area (Å²) in [4.78, 5) is 15.0. The number of nitrogens with zero attached hydrogens (tertiary/aromatic N) is 5. The van der Waals surface area contributed by atoms with E-state index in [2.05, 4.69) is 15.0 Å². The Labute approximate surface area is 206 Å². The van der Waals surface area contributed by atoms with Crippen molar-refractivity contribution in [2.75, 3.05) is 30.5 Å². The van der Waals surface area contributed by atoms with E-state index < -0.39 is 11.7 Å². The van der Waals surface area contributed by atoms with Crippen LogP contribution in [0.2, 0.25) is 0 Å². The maximum absolute atomic E-state index is 13.2. The lowest BCUT2D eigenvalue weighted by Crippen LogP contribution is -2.48. The van der Waals surface area contributed by atoms with Gasteiger partial charge in [0.15, 0.2) is 5.82 Å². The molecular formula is C23H29F3N8S. The molecular weight excluding hydrogens is 477 g/mol. The van der Waals surface area contributed by atoms with Gasteiger partial charge in [-0.15, -0.1) is 0 Å². The van der Waals surface area contributed by atoms with Gasteiger partial charge >= 0.3 is 6.18 Å². The Morgan fingerprint density at radius 2 is 1.91 bits per heavy atom. The van der Waals surface area contributed by atoms with Crippen LogP contribution in [0, 0.1) is 11.3 Å². The molecule has 1 aliphatic rings. The van der Waals surface area contributed by atoms with Gasteiger partial charge in [-0.2, -0.15) is 24.9 Å². The molecule has 3 aromatic rings. The van der Waals surface area contributed by atoms with E-state index in [4.69, 9.17) is 16.9 Å². The summed E-state index contributed by atoms with van der Waals surface area (Å²) < 4.78 is 40.9. The van der Waals surface area contributed by atoms with E-state index >= 15 is 0 Å². The first-order valence-electron chi connectivity index (χ1n) is 10.8. The van der Waals surface area contributed by atoms with Crippen LogP contribution in [0.15, 0.2) is 48.1 Å². The highest BCUT2D eigenvalue weighted by Gasteiger charge is 2.31. The van der Waals surface area contributed by atoms with Crippen molar-refractivity contribution in [2.45, 2.75) is 25.6 Å². The zero-order chi connectivity index (χ0) is 25.8. The Morgan fingerprint density at radius 3 is 2.54 bits per heavy atom. The molecule has 0 amide bonds. The van der Waals surface area contributed by atoms with Crippen LogP contribution in [0.25, 0.3) is 17.2 Å². The fraction of sp³-hybridized carbons (Fsp3) is 0.391. The topological polar surface area (TPSA) is 122 Å². The zero-order valence-corrected chi connectivity index (χ0v) is 20.6. The quantitative estimate of drug-likeness (QED) is 0.460. The normalized spacial score (nSPS) is 19.1. The van der Waals surface area contributed by atoms with E-state index in [0.717, 1.165) is 17.8 Å². The van der Waals surface area contributed by atoms with Crippen LogP contribution in [0.5, 0.6) is 0 Å². The number of alkyl halides is 3. The molecule has 1 aliphatic heterocycles. The number of anilines is 1. The molecule has 35 heavy (non-hydrogen) atoms. The monoisotopic (exact) mass is 506 g/mol. The number of piperidine rings is 1. The minimum absolute atomic E-state index is 0.0233. The summed E-state index contributed by atoms with van der Waals surface area (Å²) in [6.07, 6.45) is 5.57. The number of hydrogen-bond donors (Lipinski definition) is 3. The molecule has 3 aromatic heterocycles. The van der Waals surface area contributed by atoms with Crippen molar-refractivity contribution >= 4 is 29.4 Å². The largest absolute Gasteiger partial charge is 0.417 e. The Balaban J connectivity index is 0.00000108. The first-order valence-corrected chi connectivity index (χ1v) is 12.5. The van der Waals surface area contributed by atoms with Crippen LogP contribution in [-0.2, 0) is 6.18 Å². The second kappa shape index (κ2) is 11.1. The van der Waals surface area contributed by atoms with Crippen LogP contribution in [0.3, 0.4) is 0 Å². The number of hydrogen-bond acceptors (Lipinski definition) is 8. The number of halogens is 3. The summed E-state index contributed by atoms with van der Waals surface area (Å²) >= 11 is 1.75. The third kappa shape index (κ3) is 6.12. The molecule has 0 aliphatic carbocycles. The van der Waals surface area contributed by atoms with E-state index in [1.165, 1.54) is 22.9 Å². The zero-order valence-electron chi connectivity index (χ0n) is 19.8. The number of aromatic nitrogens is 4. The van der Waals surface area contributed by atoms with Gasteiger partial charge in [-0.05, 0) is 49.6 Å². The Hall–Kier alpha value is -3.12. The van der Waals surface area contributed by atoms with E-state index in [-0.39, 0.29) is 17.8 Å². The van der Waals surface area contributed by atoms with Gasteiger partial charge in [0.05, 0.1) is 11.8 Å². The van der Waals surface area contributed by atoms with Gasteiger partial charge in [0.1, 0.15) is 17.2 Å². The van der Waals surface area contributed by atoms with E-state index in [1.807, 2.05) is 17.4 Å². The summed E-state index contributed by atoms with van der Waals surface area (Å²) in [6, 6.07) is 3.88. The minimum Gasteiger partial charge on any atom is -0.402 e. The average molecular weight is 507 g/mol. The highest BCUT2D eigenvalue weighted by Crippen LogP contribution is 2.31. The van der Waals surface area contributed by atoms with Gasteiger partial charge in [0.2, 0.25) is 0 Å². The maximum atomic E-state index is 13.2. The molecule has 0 aromatic carbocycles. The third-order valence-corrected chi connectivity index (χ3v) is 5.56. The Morgan fingerprint density at radius 1 is 1.20 bits per heavy atom. The van der Waals surface area contributed by atoms with Gasteiger partial charge in [0.25, 0.3) is 0 Å². The molecule has 1 saturated heterocycles. The fourth-order valence-electron chi connectivity index (χ4n) is 4.07. The van der Waals surface area contributed by atoms with Gasteiger partial charge in [-0.25, -0.2) is 15.0 Å². The highest BCUT2D eigenvalue weighted by atomic mass is 32.2.